The van der Waals surface area contributed by atoms with Gasteiger partial charge < -0.3 is 9.80 Å². The molecule has 1 rings (SSSR count). The molecular weight excluding hydrogens is 225 g/mol. The van der Waals surface area contributed by atoms with Gasteiger partial charge in [0.1, 0.15) is 0 Å². The van der Waals surface area contributed by atoms with E-state index in [2.05, 4.69) is 11.9 Å². The number of likely N-dealkylation sites (tertiary alicyclic amines) is 1. The van der Waals surface area contributed by atoms with Crippen molar-refractivity contribution in [2.45, 2.75) is 19.3 Å². The first-order valence-corrected chi connectivity index (χ1v) is 4.42. The van der Waals surface area contributed by atoms with Crippen LogP contribution < -0.4 is 0 Å². The van der Waals surface area contributed by atoms with Crippen LogP contribution in [-0.2, 0) is 32.7 Å². The largest absolute Gasteiger partial charge is 0.312 e. The van der Waals surface area contributed by atoms with Gasteiger partial charge in [-0.05, 0) is 54.1 Å². The van der Waals surface area contributed by atoms with Crippen LogP contribution in [0.4, 0.5) is 0 Å². The van der Waals surface area contributed by atoms with Crippen LogP contribution in [0.3, 0.4) is 0 Å². The summed E-state index contributed by atoms with van der Waals surface area (Å²) in [7, 11) is 8.19. The molecule has 0 bridgehead atoms. The van der Waals surface area contributed by atoms with Crippen molar-refractivity contribution in [3.8, 4) is 0 Å². The van der Waals surface area contributed by atoms with Gasteiger partial charge in [0.25, 0.3) is 0 Å². The molecule has 0 amide bonds. The molecule has 1 fully saturated rings. The third-order valence-electron chi connectivity index (χ3n) is 1.58. The number of piperidine rings is 1. The molecule has 0 aromatic heterocycles. The van der Waals surface area contributed by atoms with E-state index >= 15 is 0 Å². The van der Waals surface area contributed by atoms with Gasteiger partial charge in [0, 0.05) is 32.7 Å². The monoisotopic (exact) mass is 247 g/mol. The Morgan fingerprint density at radius 3 is 1.42 bits per heavy atom. The van der Waals surface area contributed by atoms with Crippen LogP contribution in [0.25, 0.3) is 0 Å². The zero-order valence-corrected chi connectivity index (χ0v) is 11.8. The molecule has 1 aliphatic rings. The number of hydrogen-bond donors (Lipinski definition) is 0. The van der Waals surface area contributed by atoms with Crippen LogP contribution in [0.2, 0.25) is 0 Å². The summed E-state index contributed by atoms with van der Waals surface area (Å²) in [5.74, 6) is 0. The average Bonchev–Trinajstić information content (AvgIpc) is 1.87. The minimum atomic E-state index is 0. The maximum absolute atomic E-state index is 2.39. The van der Waals surface area contributed by atoms with Crippen molar-refractivity contribution in [1.29, 1.82) is 0 Å². The number of hydrogen-bond acceptors (Lipinski definition) is 2. The molecule has 0 saturated carbocycles. The topological polar surface area (TPSA) is 6.48 Å². The summed E-state index contributed by atoms with van der Waals surface area (Å²) >= 11 is 0. The molecule has 0 unspecified atom stereocenters. The third kappa shape index (κ3) is 13.6. The second-order valence-corrected chi connectivity index (χ2v) is 3.71. The summed E-state index contributed by atoms with van der Waals surface area (Å²) in [6.07, 6.45) is 4.28. The summed E-state index contributed by atoms with van der Waals surface area (Å²) in [4.78, 5) is 4.39. The minimum absolute atomic E-state index is 0. The molecule has 0 atom stereocenters. The van der Waals surface area contributed by atoms with Crippen molar-refractivity contribution >= 4 is 0 Å². The van der Waals surface area contributed by atoms with Crippen LogP contribution >= 0.6 is 0 Å². The van der Waals surface area contributed by atoms with E-state index in [0.29, 0.717) is 0 Å². The summed E-state index contributed by atoms with van der Waals surface area (Å²) in [6, 6.07) is 0. The zero-order valence-electron chi connectivity index (χ0n) is 9.01. The Hall–Kier alpha value is 1.02. The normalized spacial score (nSPS) is 17.8. The van der Waals surface area contributed by atoms with E-state index in [1.54, 1.807) is 0 Å². The van der Waals surface area contributed by atoms with Gasteiger partial charge in [-0.1, -0.05) is 6.42 Å². The fourth-order valence-corrected chi connectivity index (χ4v) is 1.05. The van der Waals surface area contributed by atoms with Gasteiger partial charge in [0.05, 0.1) is 0 Å². The first-order valence-electron chi connectivity index (χ1n) is 4.42. The van der Waals surface area contributed by atoms with Crippen molar-refractivity contribution < 1.29 is 32.7 Å². The second kappa shape index (κ2) is 10.1. The van der Waals surface area contributed by atoms with Gasteiger partial charge in [0.2, 0.25) is 0 Å². The summed E-state index contributed by atoms with van der Waals surface area (Å²) in [5, 5.41) is 0. The molecule has 0 aliphatic carbocycles. The van der Waals surface area contributed by atoms with Crippen molar-refractivity contribution in [3.63, 3.8) is 0 Å². The molecule has 0 spiro atoms. The van der Waals surface area contributed by atoms with Gasteiger partial charge in [-0.3, -0.25) is 0 Å². The average molecular weight is 247 g/mol. The molecule has 1 saturated heterocycles. The number of nitrogens with zero attached hydrogens (tertiary/aromatic N) is 2. The molecule has 0 aromatic carbocycles. The Morgan fingerprint density at radius 1 is 0.917 bits per heavy atom. The molecule has 12 heavy (non-hydrogen) atoms. The Morgan fingerprint density at radius 2 is 1.25 bits per heavy atom. The fraction of sp³-hybridized carbons (Fsp3) is 1.00. The van der Waals surface area contributed by atoms with Gasteiger partial charge in [0.15, 0.2) is 0 Å². The maximum Gasteiger partial charge on any atom is 0 e. The van der Waals surface area contributed by atoms with Crippen LogP contribution in [-0.4, -0.2) is 51.1 Å². The summed E-state index contributed by atoms with van der Waals surface area (Å²) < 4.78 is 0. The maximum atomic E-state index is 2.39. The Kier molecular flexibility index (Phi) is 13.0. The smallest absolute Gasteiger partial charge is 0 e. The number of rotatable bonds is 0. The van der Waals surface area contributed by atoms with Crippen molar-refractivity contribution in [3.05, 3.63) is 0 Å². The van der Waals surface area contributed by atoms with Crippen LogP contribution in [0.1, 0.15) is 19.3 Å². The van der Waals surface area contributed by atoms with E-state index in [1.807, 2.05) is 26.0 Å². The zero-order chi connectivity index (χ0) is 8.69. The molecular formula is C9H22N2Y. The molecule has 2 nitrogen and oxygen atoms in total. The van der Waals surface area contributed by atoms with Crippen LogP contribution in [0.5, 0.6) is 0 Å². The van der Waals surface area contributed by atoms with Gasteiger partial charge >= 0.3 is 0 Å². The Balaban J connectivity index is 0. The molecule has 1 aliphatic heterocycles. The minimum Gasteiger partial charge on any atom is -0.312 e. The van der Waals surface area contributed by atoms with Crippen molar-refractivity contribution in [2.75, 3.05) is 41.3 Å². The van der Waals surface area contributed by atoms with Crippen molar-refractivity contribution in [1.82, 2.24) is 9.80 Å². The quantitative estimate of drug-likeness (QED) is 0.636. The van der Waals surface area contributed by atoms with E-state index < -0.39 is 0 Å². The van der Waals surface area contributed by atoms with Gasteiger partial charge in [-0.25, -0.2) is 0 Å². The van der Waals surface area contributed by atoms with E-state index in [9.17, 15) is 0 Å². The molecule has 0 N–H and O–H groups in total. The third-order valence-corrected chi connectivity index (χ3v) is 1.58. The molecule has 0 aromatic rings. The molecule has 71 valence electrons. The summed E-state index contributed by atoms with van der Waals surface area (Å²) in [5.41, 5.74) is 0. The molecule has 3 heteroatoms. The van der Waals surface area contributed by atoms with Gasteiger partial charge in [-0.15, -0.1) is 0 Å². The first kappa shape index (κ1) is 15.5. The second-order valence-electron chi connectivity index (χ2n) is 3.71. The molecule has 1 heterocycles. The van der Waals surface area contributed by atoms with Crippen molar-refractivity contribution in [2.24, 2.45) is 0 Å². The SMILES string of the molecule is CN(C)C.CN1CCCCC1.[Y]. The van der Waals surface area contributed by atoms with E-state index in [4.69, 9.17) is 0 Å². The van der Waals surface area contributed by atoms with E-state index in [-0.39, 0.29) is 32.7 Å². The van der Waals surface area contributed by atoms with Gasteiger partial charge in [-0.2, -0.15) is 0 Å². The predicted octanol–water partition coefficient (Wildman–Crippen LogP) is 1.28. The van der Waals surface area contributed by atoms with E-state index in [0.717, 1.165) is 0 Å². The Labute approximate surface area is 103 Å². The fourth-order valence-electron chi connectivity index (χ4n) is 1.05. The summed E-state index contributed by atoms with van der Waals surface area (Å²) in [6.45, 7) is 2.64. The van der Waals surface area contributed by atoms with E-state index in [1.165, 1.54) is 32.4 Å². The van der Waals surface area contributed by atoms with Crippen LogP contribution in [0, 0.1) is 0 Å². The standard InChI is InChI=1S/C6H13N.C3H9N.Y/c1-7-5-3-2-4-6-7;1-4(2)3;/h2-6H2,1H3;1-3H3;. The predicted molar refractivity (Wildman–Crippen MR) is 51.0 cm³/mol. The Bertz CT molecular complexity index is 77.8. The first-order chi connectivity index (χ1) is 5.13. The molecule has 1 radical (unpaired) electrons. The van der Waals surface area contributed by atoms with Crippen LogP contribution in [0.15, 0.2) is 0 Å².